The Balaban J connectivity index is 1.53. The summed E-state index contributed by atoms with van der Waals surface area (Å²) in [6, 6.07) is 5.64. The molecular formula is C20H23N3O6. The summed E-state index contributed by atoms with van der Waals surface area (Å²) in [7, 11) is 0. The van der Waals surface area contributed by atoms with Crippen molar-refractivity contribution in [3.8, 4) is 0 Å². The topological polar surface area (TPSA) is 122 Å². The highest BCUT2D eigenvalue weighted by molar-refractivity contribution is 6.09. The van der Waals surface area contributed by atoms with Gasteiger partial charge in [-0.2, -0.15) is 0 Å². The van der Waals surface area contributed by atoms with Gasteiger partial charge in [-0.25, -0.2) is 4.79 Å². The number of hydrogen-bond acceptors (Lipinski definition) is 6. The van der Waals surface area contributed by atoms with Gasteiger partial charge in [-0.05, 0) is 63.8 Å². The zero-order chi connectivity index (χ0) is 21.3. The highest BCUT2D eigenvalue weighted by Gasteiger charge is 2.56. The average molecular weight is 401 g/mol. The number of carbonyl (C=O) groups excluding carboxylic acids is 5. The first-order valence-corrected chi connectivity index (χ1v) is 9.37. The van der Waals surface area contributed by atoms with Gasteiger partial charge in [0, 0.05) is 11.3 Å². The van der Waals surface area contributed by atoms with Crippen LogP contribution in [0.25, 0.3) is 0 Å². The molecule has 0 radical (unpaired) electrons. The van der Waals surface area contributed by atoms with Crippen molar-refractivity contribution in [3.63, 3.8) is 0 Å². The van der Waals surface area contributed by atoms with E-state index in [1.54, 1.807) is 31.2 Å². The molecular weight excluding hydrogens is 378 g/mol. The molecule has 1 aliphatic carbocycles. The maximum atomic E-state index is 12.5. The molecule has 9 nitrogen and oxygen atoms in total. The first-order chi connectivity index (χ1) is 13.6. The van der Waals surface area contributed by atoms with Crippen LogP contribution in [0.4, 0.5) is 10.5 Å². The Bertz CT molecular complexity index is 877. The minimum Gasteiger partial charge on any atom is -0.451 e. The molecule has 1 saturated carbocycles. The lowest BCUT2D eigenvalue weighted by molar-refractivity contribution is -0.155. The monoisotopic (exact) mass is 401 g/mol. The number of esters is 1. The number of Topliss-reactive ketones (excluding diaryl/α,β-unsaturated/α-hetero) is 1. The lowest BCUT2D eigenvalue weighted by Gasteiger charge is -2.21. The second kappa shape index (κ2) is 7.65. The van der Waals surface area contributed by atoms with Gasteiger partial charge >= 0.3 is 12.0 Å². The van der Waals surface area contributed by atoms with Crippen molar-refractivity contribution in [2.45, 2.75) is 45.3 Å². The van der Waals surface area contributed by atoms with Crippen molar-refractivity contribution in [3.05, 3.63) is 29.8 Å². The van der Waals surface area contributed by atoms with Crippen LogP contribution in [0.2, 0.25) is 0 Å². The van der Waals surface area contributed by atoms with E-state index < -0.39 is 42.0 Å². The van der Waals surface area contributed by atoms with Crippen LogP contribution in [0.1, 0.15) is 44.0 Å². The molecule has 9 heteroatoms. The zero-order valence-corrected chi connectivity index (χ0v) is 16.5. The van der Waals surface area contributed by atoms with E-state index >= 15 is 0 Å². The van der Waals surface area contributed by atoms with Crippen molar-refractivity contribution in [1.29, 1.82) is 0 Å². The predicted molar refractivity (Wildman–Crippen MR) is 102 cm³/mol. The van der Waals surface area contributed by atoms with Crippen molar-refractivity contribution in [1.82, 2.24) is 10.2 Å². The molecule has 0 bridgehead atoms. The molecule has 0 spiro atoms. The number of amides is 4. The largest absolute Gasteiger partial charge is 0.451 e. The van der Waals surface area contributed by atoms with Crippen LogP contribution in [-0.4, -0.2) is 52.7 Å². The summed E-state index contributed by atoms with van der Waals surface area (Å²) in [5.41, 5.74) is -0.0294. The minimum atomic E-state index is -1.13. The fraction of sp³-hybridized carbons (Fsp3) is 0.450. The van der Waals surface area contributed by atoms with Gasteiger partial charge < -0.3 is 15.4 Å². The fourth-order valence-corrected chi connectivity index (χ4v) is 3.25. The predicted octanol–water partition coefficient (Wildman–Crippen LogP) is 1.48. The number of urea groups is 1. The van der Waals surface area contributed by atoms with E-state index in [2.05, 4.69) is 10.6 Å². The summed E-state index contributed by atoms with van der Waals surface area (Å²) in [4.78, 5) is 61.1. The first-order valence-electron chi connectivity index (χ1n) is 9.37. The van der Waals surface area contributed by atoms with Crippen LogP contribution in [0, 0.1) is 5.92 Å². The quantitative estimate of drug-likeness (QED) is 0.405. The van der Waals surface area contributed by atoms with Crippen molar-refractivity contribution < 1.29 is 28.7 Å². The molecule has 2 aliphatic rings. The third-order valence-electron chi connectivity index (χ3n) is 5.22. The lowest BCUT2D eigenvalue weighted by atomic mass is 9.96. The van der Waals surface area contributed by atoms with Crippen LogP contribution >= 0.6 is 0 Å². The van der Waals surface area contributed by atoms with Crippen LogP contribution in [-0.2, 0) is 19.1 Å². The van der Waals surface area contributed by atoms with E-state index in [1.807, 2.05) is 0 Å². The number of nitrogens with zero attached hydrogens (tertiary/aromatic N) is 1. The maximum Gasteiger partial charge on any atom is 0.327 e. The molecule has 1 aromatic carbocycles. The zero-order valence-electron chi connectivity index (χ0n) is 16.5. The molecule has 1 aliphatic heterocycles. The molecule has 0 unspecified atom stereocenters. The standard InChI is InChI=1S/C20H23N3O6/c1-11(24)13-4-8-15(9-5-13)21-17(26)12(2)29-16(25)10-23-18(27)20(3,14-6-7-14)22-19(23)28/h4-5,8-9,12,14H,6-7,10H2,1-3H3,(H,21,26)(H,22,28)/t12-,20-/m0/s1. The van der Waals surface area contributed by atoms with Crippen LogP contribution in [0.5, 0.6) is 0 Å². The highest BCUT2D eigenvalue weighted by Crippen LogP contribution is 2.42. The Morgan fingerprint density at radius 2 is 1.86 bits per heavy atom. The van der Waals surface area contributed by atoms with Crippen molar-refractivity contribution in [2.24, 2.45) is 5.92 Å². The maximum absolute atomic E-state index is 12.5. The Labute approximate surface area is 167 Å². The average Bonchev–Trinajstić information content (AvgIpc) is 3.48. The Hall–Kier alpha value is -3.23. The summed E-state index contributed by atoms with van der Waals surface area (Å²) >= 11 is 0. The highest BCUT2D eigenvalue weighted by atomic mass is 16.5. The number of hydrogen-bond donors (Lipinski definition) is 2. The normalized spacial score (nSPS) is 22.1. The lowest BCUT2D eigenvalue weighted by Crippen LogP contribution is -2.46. The molecule has 154 valence electrons. The summed E-state index contributed by atoms with van der Waals surface area (Å²) in [6.07, 6.45) is 0.571. The molecule has 29 heavy (non-hydrogen) atoms. The number of rotatable bonds is 7. The van der Waals surface area contributed by atoms with E-state index in [9.17, 15) is 24.0 Å². The van der Waals surface area contributed by atoms with Gasteiger partial charge in [0.25, 0.3) is 11.8 Å². The molecule has 3 rings (SSSR count). The number of ketones is 1. The number of imide groups is 1. The van der Waals surface area contributed by atoms with Gasteiger partial charge in [0.15, 0.2) is 11.9 Å². The number of ether oxygens (including phenoxy) is 1. The molecule has 4 amide bonds. The Morgan fingerprint density at radius 1 is 1.24 bits per heavy atom. The Kier molecular flexibility index (Phi) is 5.41. The molecule has 2 atom stereocenters. The number of anilines is 1. The smallest absolute Gasteiger partial charge is 0.327 e. The van der Waals surface area contributed by atoms with E-state index in [0.29, 0.717) is 11.3 Å². The van der Waals surface area contributed by atoms with Gasteiger partial charge in [-0.15, -0.1) is 0 Å². The van der Waals surface area contributed by atoms with Crippen molar-refractivity contribution >= 4 is 35.3 Å². The minimum absolute atomic E-state index is 0.0825. The second-order valence-corrected chi connectivity index (χ2v) is 7.55. The fourth-order valence-electron chi connectivity index (χ4n) is 3.25. The number of benzene rings is 1. The number of carbonyl (C=O) groups is 5. The summed E-state index contributed by atoms with van der Waals surface area (Å²) in [5, 5.41) is 5.22. The molecule has 2 fully saturated rings. The molecule has 1 heterocycles. The van der Waals surface area contributed by atoms with Crippen LogP contribution in [0.15, 0.2) is 24.3 Å². The van der Waals surface area contributed by atoms with Crippen LogP contribution in [0.3, 0.4) is 0 Å². The molecule has 2 N–H and O–H groups in total. The Morgan fingerprint density at radius 3 is 2.41 bits per heavy atom. The molecule has 1 saturated heterocycles. The van der Waals surface area contributed by atoms with Crippen molar-refractivity contribution in [2.75, 3.05) is 11.9 Å². The third-order valence-corrected chi connectivity index (χ3v) is 5.22. The van der Waals surface area contributed by atoms with E-state index in [4.69, 9.17) is 4.74 Å². The van der Waals surface area contributed by atoms with E-state index in [0.717, 1.165) is 17.7 Å². The molecule has 0 aromatic heterocycles. The van der Waals surface area contributed by atoms with Crippen LogP contribution < -0.4 is 10.6 Å². The SMILES string of the molecule is CC(=O)c1ccc(NC(=O)[C@H](C)OC(=O)CN2C(=O)N[C@@](C)(C3CC3)C2=O)cc1. The van der Waals surface area contributed by atoms with Gasteiger partial charge in [-0.3, -0.25) is 24.1 Å². The van der Waals surface area contributed by atoms with Gasteiger partial charge in [0.05, 0.1) is 0 Å². The van der Waals surface area contributed by atoms with Gasteiger partial charge in [0.1, 0.15) is 12.1 Å². The third kappa shape index (κ3) is 4.28. The van der Waals surface area contributed by atoms with E-state index in [1.165, 1.54) is 13.8 Å². The summed E-state index contributed by atoms with van der Waals surface area (Å²) in [5.74, 6) is -1.90. The summed E-state index contributed by atoms with van der Waals surface area (Å²) in [6.45, 7) is 3.92. The number of nitrogens with one attached hydrogen (secondary N) is 2. The van der Waals surface area contributed by atoms with Gasteiger partial charge in [-0.1, -0.05) is 0 Å². The second-order valence-electron chi connectivity index (χ2n) is 7.55. The van der Waals surface area contributed by atoms with E-state index in [-0.39, 0.29) is 11.7 Å². The molecule has 1 aromatic rings. The summed E-state index contributed by atoms with van der Waals surface area (Å²) < 4.78 is 5.07. The first kappa shape index (κ1) is 20.5. The van der Waals surface area contributed by atoms with Gasteiger partial charge in [0.2, 0.25) is 0 Å².